The number of hydrogen-bond acceptors (Lipinski definition) is 6. The van der Waals surface area contributed by atoms with E-state index >= 15 is 0 Å². The highest BCUT2D eigenvalue weighted by atomic mass is 16.6. The van der Waals surface area contributed by atoms with E-state index in [1.54, 1.807) is 4.90 Å². The summed E-state index contributed by atoms with van der Waals surface area (Å²) in [6, 6.07) is 1.01. The SMILES string of the molecule is O=C(O)c1cc([N+](=O)[O-])cnc1N1CCC(O)CC1. The second kappa shape index (κ2) is 5.19. The largest absolute Gasteiger partial charge is 0.478 e. The molecule has 1 aromatic rings. The van der Waals surface area contributed by atoms with Gasteiger partial charge in [-0.05, 0) is 12.8 Å². The lowest BCUT2D eigenvalue weighted by atomic mass is 10.1. The van der Waals surface area contributed by atoms with Crippen molar-refractivity contribution in [2.24, 2.45) is 0 Å². The molecular weight excluding hydrogens is 254 g/mol. The fraction of sp³-hybridized carbons (Fsp3) is 0.455. The van der Waals surface area contributed by atoms with Gasteiger partial charge in [-0.2, -0.15) is 0 Å². The first-order valence-corrected chi connectivity index (χ1v) is 5.80. The molecule has 0 amide bonds. The number of carboxylic acid groups (broad SMARTS) is 1. The molecule has 19 heavy (non-hydrogen) atoms. The Hall–Kier alpha value is -2.22. The summed E-state index contributed by atoms with van der Waals surface area (Å²) in [7, 11) is 0. The second-order valence-electron chi connectivity index (χ2n) is 4.35. The molecule has 0 spiro atoms. The van der Waals surface area contributed by atoms with Crippen LogP contribution in [0.1, 0.15) is 23.2 Å². The maximum absolute atomic E-state index is 11.2. The van der Waals surface area contributed by atoms with Crippen LogP contribution >= 0.6 is 0 Å². The van der Waals surface area contributed by atoms with Crippen LogP contribution in [0.5, 0.6) is 0 Å². The zero-order chi connectivity index (χ0) is 14.0. The van der Waals surface area contributed by atoms with Crippen LogP contribution < -0.4 is 4.90 Å². The highest BCUT2D eigenvalue weighted by molar-refractivity contribution is 5.94. The number of aromatic carboxylic acids is 1. The Balaban J connectivity index is 2.34. The molecule has 2 heterocycles. The molecule has 0 saturated carbocycles. The standard InChI is InChI=1S/C11H13N3O5/c15-8-1-3-13(4-2-8)10-9(11(16)17)5-7(6-12-10)14(18)19/h5-6,8,15H,1-4H2,(H,16,17). The van der Waals surface area contributed by atoms with E-state index in [4.69, 9.17) is 5.11 Å². The van der Waals surface area contributed by atoms with Crippen LogP contribution in [0.15, 0.2) is 12.3 Å². The van der Waals surface area contributed by atoms with E-state index in [-0.39, 0.29) is 23.2 Å². The number of aliphatic hydroxyl groups excluding tert-OH is 1. The van der Waals surface area contributed by atoms with E-state index < -0.39 is 10.9 Å². The number of anilines is 1. The summed E-state index contributed by atoms with van der Waals surface area (Å²) in [6.45, 7) is 0.957. The lowest BCUT2D eigenvalue weighted by Crippen LogP contribution is -2.37. The van der Waals surface area contributed by atoms with Crippen molar-refractivity contribution in [3.8, 4) is 0 Å². The lowest BCUT2D eigenvalue weighted by Gasteiger charge is -2.31. The molecule has 0 unspecified atom stereocenters. The monoisotopic (exact) mass is 267 g/mol. The van der Waals surface area contributed by atoms with Crippen LogP contribution in [0.3, 0.4) is 0 Å². The molecule has 0 aliphatic carbocycles. The van der Waals surface area contributed by atoms with Gasteiger partial charge in [0.1, 0.15) is 17.6 Å². The zero-order valence-electron chi connectivity index (χ0n) is 10.0. The summed E-state index contributed by atoms with van der Waals surface area (Å²) in [6.07, 6.45) is 1.71. The fourth-order valence-electron chi connectivity index (χ4n) is 2.03. The quantitative estimate of drug-likeness (QED) is 0.609. The van der Waals surface area contributed by atoms with Gasteiger partial charge in [0.05, 0.1) is 11.0 Å². The zero-order valence-corrected chi connectivity index (χ0v) is 10.0. The Labute approximate surface area is 108 Å². The average Bonchev–Trinajstić information content (AvgIpc) is 2.38. The van der Waals surface area contributed by atoms with Crippen molar-refractivity contribution in [2.75, 3.05) is 18.0 Å². The summed E-state index contributed by atoms with van der Waals surface area (Å²) in [4.78, 5) is 26.7. The summed E-state index contributed by atoms with van der Waals surface area (Å²) in [5.74, 6) is -1.04. The summed E-state index contributed by atoms with van der Waals surface area (Å²) in [5.41, 5.74) is -0.538. The molecule has 1 fully saturated rings. The van der Waals surface area contributed by atoms with Crippen LogP contribution in [-0.2, 0) is 0 Å². The normalized spacial score (nSPS) is 16.4. The molecule has 102 valence electrons. The third-order valence-electron chi connectivity index (χ3n) is 3.06. The number of carbonyl (C=O) groups is 1. The number of aliphatic hydroxyl groups is 1. The molecule has 8 heteroatoms. The molecular formula is C11H13N3O5. The predicted octanol–water partition coefficient (Wildman–Crippen LogP) is 0.649. The first kappa shape index (κ1) is 13.2. The smallest absolute Gasteiger partial charge is 0.339 e. The van der Waals surface area contributed by atoms with E-state index in [0.717, 1.165) is 12.3 Å². The predicted molar refractivity (Wildman–Crippen MR) is 65.3 cm³/mol. The van der Waals surface area contributed by atoms with Crippen molar-refractivity contribution in [3.05, 3.63) is 27.9 Å². The lowest BCUT2D eigenvalue weighted by molar-refractivity contribution is -0.385. The van der Waals surface area contributed by atoms with Gasteiger partial charge in [0, 0.05) is 19.2 Å². The molecule has 2 N–H and O–H groups in total. The number of aromatic nitrogens is 1. The highest BCUT2D eigenvalue weighted by Gasteiger charge is 2.24. The number of carboxylic acids is 1. The van der Waals surface area contributed by atoms with Gasteiger partial charge in [0.2, 0.25) is 0 Å². The molecule has 1 aliphatic rings. The number of rotatable bonds is 3. The molecule has 0 radical (unpaired) electrons. The fourth-order valence-corrected chi connectivity index (χ4v) is 2.03. The molecule has 8 nitrogen and oxygen atoms in total. The van der Waals surface area contributed by atoms with Gasteiger partial charge in [-0.25, -0.2) is 9.78 Å². The third-order valence-corrected chi connectivity index (χ3v) is 3.06. The van der Waals surface area contributed by atoms with Crippen molar-refractivity contribution in [3.63, 3.8) is 0 Å². The minimum atomic E-state index is -1.25. The second-order valence-corrected chi connectivity index (χ2v) is 4.35. The summed E-state index contributed by atoms with van der Waals surface area (Å²) in [5, 5.41) is 29.2. The van der Waals surface area contributed by atoms with Crippen LogP contribution in [0, 0.1) is 10.1 Å². The number of pyridine rings is 1. The Morgan fingerprint density at radius 1 is 1.47 bits per heavy atom. The van der Waals surface area contributed by atoms with E-state index in [2.05, 4.69) is 4.98 Å². The van der Waals surface area contributed by atoms with Gasteiger partial charge in [-0.1, -0.05) is 0 Å². The molecule has 1 saturated heterocycles. The number of piperidine rings is 1. The Morgan fingerprint density at radius 2 is 2.11 bits per heavy atom. The van der Waals surface area contributed by atoms with Crippen molar-refractivity contribution < 1.29 is 19.9 Å². The van der Waals surface area contributed by atoms with E-state index in [0.29, 0.717) is 25.9 Å². The number of hydrogen-bond donors (Lipinski definition) is 2. The molecule has 0 atom stereocenters. The van der Waals surface area contributed by atoms with Crippen LogP contribution in [0.4, 0.5) is 11.5 Å². The van der Waals surface area contributed by atoms with Crippen LogP contribution in [-0.4, -0.2) is 45.3 Å². The molecule has 1 aliphatic heterocycles. The highest BCUT2D eigenvalue weighted by Crippen LogP contribution is 2.25. The average molecular weight is 267 g/mol. The van der Waals surface area contributed by atoms with Gasteiger partial charge >= 0.3 is 5.97 Å². The van der Waals surface area contributed by atoms with Gasteiger partial charge < -0.3 is 15.1 Å². The van der Waals surface area contributed by atoms with Crippen LogP contribution in [0.2, 0.25) is 0 Å². The number of nitrogens with zero attached hydrogens (tertiary/aromatic N) is 3. The minimum Gasteiger partial charge on any atom is -0.478 e. The first-order chi connectivity index (χ1) is 8.99. The van der Waals surface area contributed by atoms with Crippen molar-refractivity contribution in [1.29, 1.82) is 0 Å². The van der Waals surface area contributed by atoms with Crippen molar-refractivity contribution in [2.45, 2.75) is 18.9 Å². The van der Waals surface area contributed by atoms with Gasteiger partial charge in [0.15, 0.2) is 0 Å². The Morgan fingerprint density at radius 3 is 2.63 bits per heavy atom. The maximum atomic E-state index is 11.2. The van der Waals surface area contributed by atoms with Gasteiger partial charge in [0.25, 0.3) is 5.69 Å². The first-order valence-electron chi connectivity index (χ1n) is 5.80. The third kappa shape index (κ3) is 2.79. The Bertz CT molecular complexity index is 511. The molecule has 0 aromatic carbocycles. The van der Waals surface area contributed by atoms with Crippen molar-refractivity contribution >= 4 is 17.5 Å². The van der Waals surface area contributed by atoms with Crippen molar-refractivity contribution in [1.82, 2.24) is 4.98 Å². The molecule has 1 aromatic heterocycles. The molecule has 0 bridgehead atoms. The van der Waals surface area contributed by atoms with Gasteiger partial charge in [-0.15, -0.1) is 0 Å². The summed E-state index contributed by atoms with van der Waals surface area (Å²) >= 11 is 0. The summed E-state index contributed by atoms with van der Waals surface area (Å²) < 4.78 is 0. The number of nitro groups is 1. The van der Waals surface area contributed by atoms with E-state index in [1.165, 1.54) is 0 Å². The Kier molecular flexibility index (Phi) is 3.61. The van der Waals surface area contributed by atoms with Gasteiger partial charge in [-0.3, -0.25) is 10.1 Å². The van der Waals surface area contributed by atoms with Crippen LogP contribution in [0.25, 0.3) is 0 Å². The van der Waals surface area contributed by atoms with E-state index in [9.17, 15) is 20.0 Å². The van der Waals surface area contributed by atoms with E-state index in [1.807, 2.05) is 0 Å². The maximum Gasteiger partial charge on any atom is 0.339 e. The molecule has 2 rings (SSSR count). The minimum absolute atomic E-state index is 0.189. The topological polar surface area (TPSA) is 117 Å².